The van der Waals surface area contributed by atoms with Crippen molar-refractivity contribution in [1.82, 2.24) is 10.2 Å². The van der Waals surface area contributed by atoms with Crippen molar-refractivity contribution in [2.45, 2.75) is 31.7 Å². The lowest BCUT2D eigenvalue weighted by Gasteiger charge is -2.21. The molecule has 2 amide bonds. The van der Waals surface area contributed by atoms with Crippen LogP contribution in [-0.4, -0.2) is 35.8 Å². The zero-order valence-corrected chi connectivity index (χ0v) is 13.5. The minimum Gasteiger partial charge on any atom is -0.352 e. The third-order valence-electron chi connectivity index (χ3n) is 2.63. The summed E-state index contributed by atoms with van der Waals surface area (Å²) < 4.78 is 0. The fourth-order valence-corrected chi connectivity index (χ4v) is 2.12. The second kappa shape index (κ2) is 7.55. The van der Waals surface area contributed by atoms with E-state index in [2.05, 4.69) is 17.9 Å². The topological polar surface area (TPSA) is 49.4 Å². The van der Waals surface area contributed by atoms with Crippen molar-refractivity contribution in [3.8, 4) is 0 Å². The van der Waals surface area contributed by atoms with Crippen molar-refractivity contribution in [3.05, 3.63) is 28.8 Å². The predicted molar refractivity (Wildman–Crippen MR) is 83.6 cm³/mol. The molecule has 0 aliphatic carbocycles. The van der Waals surface area contributed by atoms with Crippen LogP contribution in [0.25, 0.3) is 0 Å². The van der Waals surface area contributed by atoms with Gasteiger partial charge in [-0.3, -0.25) is 9.59 Å². The molecule has 0 fully saturated rings. The zero-order chi connectivity index (χ0) is 15.3. The summed E-state index contributed by atoms with van der Waals surface area (Å²) in [4.78, 5) is 26.3. The second-order valence-corrected chi connectivity index (χ2v) is 5.63. The average Bonchev–Trinajstić information content (AvgIpc) is 2.37. The Morgan fingerprint density at radius 3 is 2.60 bits per heavy atom. The van der Waals surface area contributed by atoms with E-state index in [1.54, 1.807) is 18.2 Å². The van der Waals surface area contributed by atoms with Crippen molar-refractivity contribution in [2.24, 2.45) is 0 Å². The van der Waals surface area contributed by atoms with Crippen LogP contribution in [0.3, 0.4) is 0 Å². The number of carbonyl (C=O) groups is 2. The lowest BCUT2D eigenvalue weighted by molar-refractivity contribution is -0.122. The molecular formula is C14H19ClN2O2S. The Kier molecular flexibility index (Phi) is 6.36. The van der Waals surface area contributed by atoms with E-state index < -0.39 is 0 Å². The van der Waals surface area contributed by atoms with Crippen LogP contribution in [0.4, 0.5) is 0 Å². The van der Waals surface area contributed by atoms with Gasteiger partial charge in [0.2, 0.25) is 5.91 Å². The summed E-state index contributed by atoms with van der Waals surface area (Å²) >= 11 is 10.2. The number of benzene rings is 1. The minimum absolute atomic E-state index is 0.0145. The summed E-state index contributed by atoms with van der Waals surface area (Å²) in [6, 6.07) is 4.99. The maximum absolute atomic E-state index is 12.4. The first-order valence-electron chi connectivity index (χ1n) is 6.42. The third-order valence-corrected chi connectivity index (χ3v) is 3.24. The van der Waals surface area contributed by atoms with Gasteiger partial charge in [-0.05, 0) is 39.0 Å². The normalized spacial score (nSPS) is 10.5. The molecule has 6 heteroatoms. The molecule has 1 rings (SSSR count). The molecule has 0 saturated heterocycles. The smallest absolute Gasteiger partial charge is 0.255 e. The summed E-state index contributed by atoms with van der Waals surface area (Å²) in [5.41, 5.74) is 0.360. The Morgan fingerprint density at radius 1 is 1.40 bits per heavy atom. The van der Waals surface area contributed by atoms with Gasteiger partial charge in [-0.1, -0.05) is 11.6 Å². The van der Waals surface area contributed by atoms with E-state index in [1.807, 2.05) is 20.8 Å². The summed E-state index contributed by atoms with van der Waals surface area (Å²) in [5, 5.41) is 3.12. The van der Waals surface area contributed by atoms with Crippen LogP contribution < -0.4 is 5.32 Å². The van der Waals surface area contributed by atoms with Gasteiger partial charge in [0, 0.05) is 17.5 Å². The van der Waals surface area contributed by atoms with Gasteiger partial charge in [0.05, 0.1) is 17.1 Å². The van der Waals surface area contributed by atoms with Gasteiger partial charge in [-0.25, -0.2) is 0 Å². The molecule has 0 aliphatic heterocycles. The molecule has 4 nitrogen and oxygen atoms in total. The molecule has 1 aromatic rings. The van der Waals surface area contributed by atoms with Gasteiger partial charge < -0.3 is 10.2 Å². The largest absolute Gasteiger partial charge is 0.352 e. The first-order valence-corrected chi connectivity index (χ1v) is 7.24. The maximum Gasteiger partial charge on any atom is 0.255 e. The number of thiol groups is 1. The van der Waals surface area contributed by atoms with Crippen LogP contribution in [-0.2, 0) is 4.79 Å². The van der Waals surface area contributed by atoms with Gasteiger partial charge in [-0.2, -0.15) is 0 Å². The third kappa shape index (κ3) is 4.72. The quantitative estimate of drug-likeness (QED) is 0.821. The number of hydrogen-bond donors (Lipinski definition) is 2. The Labute approximate surface area is 129 Å². The Balaban J connectivity index is 2.86. The molecule has 110 valence electrons. The molecule has 20 heavy (non-hydrogen) atoms. The van der Waals surface area contributed by atoms with Gasteiger partial charge in [-0.15, -0.1) is 12.6 Å². The number of likely N-dealkylation sites (N-methyl/N-ethyl adjacent to an activating group) is 1. The second-order valence-electron chi connectivity index (χ2n) is 4.71. The van der Waals surface area contributed by atoms with E-state index in [4.69, 9.17) is 11.6 Å². The van der Waals surface area contributed by atoms with E-state index in [0.717, 1.165) is 0 Å². The molecule has 0 spiro atoms. The predicted octanol–water partition coefficient (Wildman–Crippen LogP) is 2.62. The van der Waals surface area contributed by atoms with Gasteiger partial charge in [0.15, 0.2) is 0 Å². The van der Waals surface area contributed by atoms with Gasteiger partial charge in [0.1, 0.15) is 0 Å². The lowest BCUT2D eigenvalue weighted by atomic mass is 10.2. The fourth-order valence-electron chi connectivity index (χ4n) is 1.72. The Morgan fingerprint density at radius 2 is 2.05 bits per heavy atom. The summed E-state index contributed by atoms with van der Waals surface area (Å²) in [6.07, 6.45) is 0. The minimum atomic E-state index is -0.271. The number of amides is 2. The van der Waals surface area contributed by atoms with Crippen molar-refractivity contribution >= 4 is 36.0 Å². The number of carbonyl (C=O) groups excluding carboxylic acids is 2. The van der Waals surface area contributed by atoms with Gasteiger partial charge >= 0.3 is 0 Å². The standard InChI is InChI=1S/C14H19ClN2O2S/c1-4-17(8-13(18)16-9(2)3)14(19)11-7-10(20)5-6-12(11)15/h5-7,9,20H,4,8H2,1-3H3,(H,16,18). The first kappa shape index (κ1) is 16.9. The number of hydrogen-bond acceptors (Lipinski definition) is 3. The van der Waals surface area contributed by atoms with E-state index in [9.17, 15) is 9.59 Å². The monoisotopic (exact) mass is 314 g/mol. The number of halogens is 1. The number of nitrogens with one attached hydrogen (secondary N) is 1. The molecule has 0 aliphatic rings. The molecule has 1 aromatic carbocycles. The highest BCUT2D eigenvalue weighted by molar-refractivity contribution is 7.80. The zero-order valence-electron chi connectivity index (χ0n) is 11.8. The van der Waals surface area contributed by atoms with Crippen LogP contribution in [0.1, 0.15) is 31.1 Å². The number of rotatable bonds is 5. The molecule has 0 heterocycles. The van der Waals surface area contributed by atoms with Crippen LogP contribution >= 0.6 is 24.2 Å². The SMILES string of the molecule is CCN(CC(=O)NC(C)C)C(=O)c1cc(S)ccc1Cl. The van der Waals surface area contributed by atoms with Crippen molar-refractivity contribution in [3.63, 3.8) is 0 Å². The van der Waals surface area contributed by atoms with E-state index in [0.29, 0.717) is 22.0 Å². The van der Waals surface area contributed by atoms with E-state index in [1.165, 1.54) is 4.90 Å². The van der Waals surface area contributed by atoms with E-state index >= 15 is 0 Å². The summed E-state index contributed by atoms with van der Waals surface area (Å²) in [7, 11) is 0. The van der Waals surface area contributed by atoms with Crippen molar-refractivity contribution < 1.29 is 9.59 Å². The summed E-state index contributed by atoms with van der Waals surface area (Å²) in [6.45, 7) is 6.01. The van der Waals surface area contributed by atoms with Crippen LogP contribution in [0, 0.1) is 0 Å². The van der Waals surface area contributed by atoms with Crippen LogP contribution in [0.5, 0.6) is 0 Å². The van der Waals surface area contributed by atoms with Gasteiger partial charge in [0.25, 0.3) is 5.91 Å². The highest BCUT2D eigenvalue weighted by atomic mass is 35.5. The molecule has 0 unspecified atom stereocenters. The van der Waals surface area contributed by atoms with E-state index in [-0.39, 0.29) is 24.4 Å². The van der Waals surface area contributed by atoms with Crippen LogP contribution in [0.15, 0.2) is 23.1 Å². The summed E-state index contributed by atoms with van der Waals surface area (Å²) in [5.74, 6) is -0.458. The highest BCUT2D eigenvalue weighted by Gasteiger charge is 2.20. The van der Waals surface area contributed by atoms with Crippen molar-refractivity contribution in [1.29, 1.82) is 0 Å². The maximum atomic E-state index is 12.4. The molecule has 0 radical (unpaired) electrons. The highest BCUT2D eigenvalue weighted by Crippen LogP contribution is 2.21. The average molecular weight is 315 g/mol. The molecule has 0 saturated carbocycles. The van der Waals surface area contributed by atoms with Crippen LogP contribution in [0.2, 0.25) is 5.02 Å². The molecule has 0 aromatic heterocycles. The van der Waals surface area contributed by atoms with Crippen molar-refractivity contribution in [2.75, 3.05) is 13.1 Å². The molecule has 1 N–H and O–H groups in total. The molecule has 0 bridgehead atoms. The molecule has 0 atom stereocenters. The Hall–Kier alpha value is -1.20. The number of nitrogens with zero attached hydrogens (tertiary/aromatic N) is 1. The first-order chi connectivity index (χ1) is 9.35. The molecular weight excluding hydrogens is 296 g/mol. The Bertz CT molecular complexity index is 506. The lowest BCUT2D eigenvalue weighted by Crippen LogP contribution is -2.42. The fraction of sp³-hybridized carbons (Fsp3) is 0.429.